The third-order valence-corrected chi connectivity index (χ3v) is 3.20. The molecule has 0 aliphatic carbocycles. The predicted octanol–water partition coefficient (Wildman–Crippen LogP) is 4.07. The van der Waals surface area contributed by atoms with Gasteiger partial charge < -0.3 is 8.85 Å². The van der Waals surface area contributed by atoms with Crippen LogP contribution in [0.4, 0.5) is 43.9 Å². The monoisotopic (exact) mass is 394 g/mol. The Morgan fingerprint density at radius 3 is 0.800 bits per heavy atom. The van der Waals surface area contributed by atoms with Crippen molar-refractivity contribution in [2.24, 2.45) is 0 Å². The van der Waals surface area contributed by atoms with Crippen molar-refractivity contribution >= 4 is 10.0 Å². The Balaban J connectivity index is 2.29. The molecule has 0 saturated heterocycles. The number of hydrogen-bond acceptors (Lipinski definition) is 2. The third-order valence-electron chi connectivity index (χ3n) is 2.63. The van der Waals surface area contributed by atoms with Crippen LogP contribution in [0.15, 0.2) is 0 Å². The second kappa shape index (κ2) is 6.82. The van der Waals surface area contributed by atoms with Crippen molar-refractivity contribution in [3.8, 4) is 11.5 Å². The molecule has 0 spiro atoms. The van der Waals surface area contributed by atoms with Crippen LogP contribution in [0.25, 0.3) is 0 Å². The first-order chi connectivity index (χ1) is 11.6. The molecule has 2 rings (SSSR count). The van der Waals surface area contributed by atoms with Gasteiger partial charge in [-0.3, -0.25) is 0 Å². The second-order valence-corrected chi connectivity index (χ2v) is 4.66. The molecule has 0 heterocycles. The van der Waals surface area contributed by atoms with E-state index in [2.05, 4.69) is 8.85 Å². The van der Waals surface area contributed by atoms with Crippen LogP contribution in [-0.2, 0) is 0 Å². The number of hydrogen-bond donors (Lipinski definition) is 0. The largest absolute Gasteiger partial charge is 0.610 e. The smallest absolute Gasteiger partial charge is 0.503 e. The maximum atomic E-state index is 13.3. The van der Waals surface area contributed by atoms with Crippen LogP contribution in [0, 0.1) is 58.2 Å². The first-order valence-corrected chi connectivity index (χ1v) is 6.52. The topological polar surface area (TPSA) is 18.5 Å². The summed E-state index contributed by atoms with van der Waals surface area (Å²) in [6, 6.07) is 0. The maximum absolute atomic E-state index is 13.3. The minimum atomic E-state index is -2.49. The highest BCUT2D eigenvalue weighted by Gasteiger charge is 2.30. The molecule has 2 nitrogen and oxygen atoms in total. The molecular weight excluding hydrogens is 394 g/mol. The molecule has 0 aliphatic heterocycles. The average molecular weight is 394 g/mol. The summed E-state index contributed by atoms with van der Waals surface area (Å²) in [6.07, 6.45) is 0. The van der Waals surface area contributed by atoms with E-state index in [1.54, 1.807) is 0 Å². The van der Waals surface area contributed by atoms with E-state index in [0.29, 0.717) is 0 Å². The summed E-state index contributed by atoms with van der Waals surface area (Å²) < 4.78 is 138. The van der Waals surface area contributed by atoms with E-state index in [4.69, 9.17) is 0 Å². The van der Waals surface area contributed by atoms with Gasteiger partial charge in [0.1, 0.15) is 0 Å². The average Bonchev–Trinajstić information content (AvgIpc) is 2.60. The van der Waals surface area contributed by atoms with Crippen LogP contribution in [0.3, 0.4) is 0 Å². The van der Waals surface area contributed by atoms with Crippen molar-refractivity contribution in [2.75, 3.05) is 0 Å². The van der Waals surface area contributed by atoms with Crippen LogP contribution in [-0.4, -0.2) is 10.0 Å². The van der Waals surface area contributed by atoms with Gasteiger partial charge in [0.2, 0.25) is 58.2 Å². The molecule has 0 fully saturated rings. The summed E-state index contributed by atoms with van der Waals surface area (Å²) in [5.74, 6) is -27.9. The van der Waals surface area contributed by atoms with Gasteiger partial charge in [-0.25, -0.2) is 26.3 Å². The molecule has 25 heavy (non-hydrogen) atoms. The molecule has 0 aromatic heterocycles. The molecule has 2 radical (unpaired) electrons. The highest BCUT2D eigenvalue weighted by molar-refractivity contribution is 6.20. The standard InChI is InChI=1S/C12F10O2Si/c13-1-3(15)7(19)11(8(20)4(1)16)23-25-24-12-9(21)5(17)2(14)6(18)10(12)22. The molecule has 0 N–H and O–H groups in total. The molecule has 2 aromatic carbocycles. The van der Waals surface area contributed by atoms with Gasteiger partial charge in [0, 0.05) is 0 Å². The summed E-state index contributed by atoms with van der Waals surface area (Å²) in [4.78, 5) is 0. The molecule has 134 valence electrons. The SMILES string of the molecule is Fc1c(F)c(F)c(O[Si]Oc2c(F)c(F)c(F)c(F)c2F)c(F)c1F. The van der Waals surface area contributed by atoms with Crippen LogP contribution in [0.2, 0.25) is 0 Å². The zero-order valence-electron chi connectivity index (χ0n) is 11.1. The van der Waals surface area contributed by atoms with Crippen molar-refractivity contribution in [2.45, 2.75) is 0 Å². The van der Waals surface area contributed by atoms with Crippen LogP contribution in [0.5, 0.6) is 11.5 Å². The lowest BCUT2D eigenvalue weighted by atomic mass is 10.3. The Kier molecular flexibility index (Phi) is 5.15. The van der Waals surface area contributed by atoms with E-state index >= 15 is 0 Å². The summed E-state index contributed by atoms with van der Waals surface area (Å²) in [5.41, 5.74) is 0. The Hall–Kier alpha value is -2.44. The summed E-state index contributed by atoms with van der Waals surface area (Å²) in [7, 11) is -1.92. The molecule has 13 heteroatoms. The second-order valence-electron chi connectivity index (χ2n) is 4.09. The van der Waals surface area contributed by atoms with Gasteiger partial charge in [0.25, 0.3) is 0 Å². The van der Waals surface area contributed by atoms with Crippen molar-refractivity contribution in [1.82, 2.24) is 0 Å². The van der Waals surface area contributed by atoms with Crippen LogP contribution >= 0.6 is 0 Å². The highest BCUT2D eigenvalue weighted by atomic mass is 28.3. The molecule has 0 amide bonds. The van der Waals surface area contributed by atoms with E-state index in [0.717, 1.165) is 0 Å². The molecule has 0 aliphatic rings. The van der Waals surface area contributed by atoms with Gasteiger partial charge >= 0.3 is 10.0 Å². The normalized spacial score (nSPS) is 11.0. The first-order valence-electron chi connectivity index (χ1n) is 5.71. The van der Waals surface area contributed by atoms with Gasteiger partial charge in [-0.1, -0.05) is 0 Å². The van der Waals surface area contributed by atoms with Gasteiger partial charge in [-0.05, 0) is 0 Å². The van der Waals surface area contributed by atoms with Crippen LogP contribution < -0.4 is 8.85 Å². The summed E-state index contributed by atoms with van der Waals surface area (Å²) in [5, 5.41) is 0. The quantitative estimate of drug-likeness (QED) is 0.337. The van der Waals surface area contributed by atoms with Gasteiger partial charge in [-0.15, -0.1) is 0 Å². The molecule has 0 unspecified atom stereocenters. The minimum absolute atomic E-state index is 1.86. The molecule has 0 bridgehead atoms. The third kappa shape index (κ3) is 3.10. The number of benzene rings is 2. The molecule has 0 atom stereocenters. The Morgan fingerprint density at radius 2 is 0.560 bits per heavy atom. The molecule has 0 saturated carbocycles. The van der Waals surface area contributed by atoms with Gasteiger partial charge in [-0.2, -0.15) is 17.6 Å². The Bertz CT molecular complexity index is 729. The highest BCUT2D eigenvalue weighted by Crippen LogP contribution is 2.31. The maximum Gasteiger partial charge on any atom is 0.610 e. The van der Waals surface area contributed by atoms with Crippen LogP contribution in [0.1, 0.15) is 0 Å². The van der Waals surface area contributed by atoms with Crippen molar-refractivity contribution < 1.29 is 52.8 Å². The van der Waals surface area contributed by atoms with E-state index in [1.807, 2.05) is 0 Å². The van der Waals surface area contributed by atoms with Gasteiger partial charge in [0.15, 0.2) is 11.5 Å². The Labute approximate surface area is 133 Å². The number of rotatable bonds is 4. The lowest BCUT2D eigenvalue weighted by Crippen LogP contribution is -2.17. The van der Waals surface area contributed by atoms with Crippen molar-refractivity contribution in [1.29, 1.82) is 0 Å². The molecular formula is C12F10O2Si. The molecule has 2 aromatic rings. The zero-order chi connectivity index (χ0) is 19.0. The predicted molar refractivity (Wildman–Crippen MR) is 59.5 cm³/mol. The fourth-order valence-corrected chi connectivity index (χ4v) is 2.02. The summed E-state index contributed by atoms with van der Waals surface area (Å²) >= 11 is 0. The van der Waals surface area contributed by atoms with Crippen molar-refractivity contribution in [3.63, 3.8) is 0 Å². The van der Waals surface area contributed by atoms with Crippen molar-refractivity contribution in [3.05, 3.63) is 58.2 Å². The van der Waals surface area contributed by atoms with E-state index < -0.39 is 79.7 Å². The van der Waals surface area contributed by atoms with E-state index in [9.17, 15) is 43.9 Å². The number of halogens is 10. The lowest BCUT2D eigenvalue weighted by molar-refractivity contribution is 0.323. The van der Waals surface area contributed by atoms with E-state index in [-0.39, 0.29) is 0 Å². The summed E-state index contributed by atoms with van der Waals surface area (Å²) in [6.45, 7) is 0. The zero-order valence-corrected chi connectivity index (χ0v) is 12.1. The fraction of sp³-hybridized carbons (Fsp3) is 0. The van der Waals surface area contributed by atoms with Gasteiger partial charge in [0.05, 0.1) is 0 Å². The lowest BCUT2D eigenvalue weighted by Gasteiger charge is -2.11. The Morgan fingerprint density at radius 1 is 0.360 bits per heavy atom. The fourth-order valence-electron chi connectivity index (χ4n) is 1.45. The van der Waals surface area contributed by atoms with E-state index in [1.165, 1.54) is 0 Å². The minimum Gasteiger partial charge on any atom is -0.503 e. The first kappa shape index (κ1) is 18.9.